The number of hydrogen-bond donors (Lipinski definition) is 1. The van der Waals surface area contributed by atoms with E-state index in [4.69, 9.17) is 9.31 Å². The van der Waals surface area contributed by atoms with Crippen molar-refractivity contribution in [2.24, 2.45) is 5.92 Å². The van der Waals surface area contributed by atoms with Gasteiger partial charge in [-0.3, -0.25) is 4.79 Å². The van der Waals surface area contributed by atoms with Crippen LogP contribution in [0.25, 0.3) is 0 Å². The largest absolute Gasteiger partial charge is 0.494 e. The molecular formula is C17H26BNO3. The fraction of sp³-hybridized carbons (Fsp3) is 0.588. The third-order valence-corrected chi connectivity index (χ3v) is 4.76. The van der Waals surface area contributed by atoms with E-state index in [9.17, 15) is 4.79 Å². The van der Waals surface area contributed by atoms with Gasteiger partial charge in [-0.2, -0.15) is 0 Å². The van der Waals surface area contributed by atoms with Gasteiger partial charge in [0.1, 0.15) is 0 Å². The summed E-state index contributed by atoms with van der Waals surface area (Å²) in [7, 11) is -0.371. The third-order valence-electron chi connectivity index (χ3n) is 4.76. The van der Waals surface area contributed by atoms with Crippen LogP contribution in [-0.4, -0.2) is 24.2 Å². The molecule has 1 atom stereocenters. The molecule has 1 amide bonds. The third kappa shape index (κ3) is 3.36. The standard InChI is InChI=1S/C17H26BNO3/c1-7-12(2)15(20)19-14-10-8-13(9-11-14)18-21-16(3,4)17(5,6)22-18/h8-12H,7H2,1-6H3,(H,19,20). The summed E-state index contributed by atoms with van der Waals surface area (Å²) in [5.74, 6) is 0.0636. The molecule has 1 aromatic rings. The number of anilines is 1. The summed E-state index contributed by atoms with van der Waals surface area (Å²) in [6, 6.07) is 7.66. The van der Waals surface area contributed by atoms with E-state index in [1.54, 1.807) is 0 Å². The fourth-order valence-corrected chi connectivity index (χ4v) is 2.15. The van der Waals surface area contributed by atoms with Crippen molar-refractivity contribution in [1.29, 1.82) is 0 Å². The Labute approximate surface area is 133 Å². The molecule has 0 radical (unpaired) electrons. The van der Waals surface area contributed by atoms with Crippen molar-refractivity contribution in [3.05, 3.63) is 24.3 Å². The predicted octanol–water partition coefficient (Wildman–Crippen LogP) is 2.97. The Morgan fingerprint density at radius 1 is 1.14 bits per heavy atom. The van der Waals surface area contributed by atoms with Crippen LogP contribution in [0.3, 0.4) is 0 Å². The Kier molecular flexibility index (Phi) is 4.69. The van der Waals surface area contributed by atoms with E-state index in [-0.39, 0.29) is 30.1 Å². The van der Waals surface area contributed by atoms with Crippen LogP contribution >= 0.6 is 0 Å². The van der Waals surface area contributed by atoms with Crippen LogP contribution in [0.1, 0.15) is 48.0 Å². The maximum absolute atomic E-state index is 11.9. The second-order valence-corrected chi connectivity index (χ2v) is 7.01. The summed E-state index contributed by atoms with van der Waals surface area (Å²) in [4.78, 5) is 11.9. The highest BCUT2D eigenvalue weighted by atomic mass is 16.7. The summed E-state index contributed by atoms with van der Waals surface area (Å²) in [5.41, 5.74) is 1.06. The highest BCUT2D eigenvalue weighted by Crippen LogP contribution is 2.36. The van der Waals surface area contributed by atoms with Crippen LogP contribution in [0.4, 0.5) is 5.69 Å². The maximum Gasteiger partial charge on any atom is 0.494 e. The molecule has 2 rings (SSSR count). The fourth-order valence-electron chi connectivity index (χ4n) is 2.15. The molecule has 1 N–H and O–H groups in total. The van der Waals surface area contributed by atoms with Gasteiger partial charge in [-0.05, 0) is 51.7 Å². The van der Waals surface area contributed by atoms with E-state index in [0.717, 1.165) is 17.6 Å². The Hall–Kier alpha value is -1.33. The van der Waals surface area contributed by atoms with Crippen molar-refractivity contribution in [3.8, 4) is 0 Å². The van der Waals surface area contributed by atoms with Gasteiger partial charge in [0, 0.05) is 11.6 Å². The molecule has 1 saturated heterocycles. The van der Waals surface area contributed by atoms with Crippen molar-refractivity contribution >= 4 is 24.2 Å². The molecule has 1 aliphatic heterocycles. The summed E-state index contributed by atoms with van der Waals surface area (Å²) >= 11 is 0. The topological polar surface area (TPSA) is 47.6 Å². The first-order chi connectivity index (χ1) is 10.2. The molecule has 1 aliphatic rings. The van der Waals surface area contributed by atoms with Crippen LogP contribution in [-0.2, 0) is 14.1 Å². The second kappa shape index (κ2) is 6.05. The van der Waals surface area contributed by atoms with Crippen LogP contribution < -0.4 is 10.8 Å². The van der Waals surface area contributed by atoms with E-state index in [1.807, 2.05) is 65.8 Å². The lowest BCUT2D eigenvalue weighted by molar-refractivity contribution is -0.119. The molecule has 1 unspecified atom stereocenters. The Morgan fingerprint density at radius 2 is 1.64 bits per heavy atom. The number of nitrogens with one attached hydrogen (secondary N) is 1. The van der Waals surface area contributed by atoms with Gasteiger partial charge in [-0.1, -0.05) is 26.0 Å². The summed E-state index contributed by atoms with van der Waals surface area (Å²) in [5, 5.41) is 2.92. The average molecular weight is 303 g/mol. The van der Waals surface area contributed by atoms with E-state index >= 15 is 0 Å². The minimum atomic E-state index is -0.371. The molecule has 0 saturated carbocycles. The van der Waals surface area contributed by atoms with Crippen LogP contribution in [0, 0.1) is 5.92 Å². The highest BCUT2D eigenvalue weighted by molar-refractivity contribution is 6.62. The molecule has 1 fully saturated rings. The van der Waals surface area contributed by atoms with Crippen molar-refractivity contribution in [1.82, 2.24) is 0 Å². The SMILES string of the molecule is CCC(C)C(=O)Nc1ccc(B2OC(C)(C)C(C)(C)O2)cc1. The summed E-state index contributed by atoms with van der Waals surface area (Å²) in [6.45, 7) is 12.1. The van der Waals surface area contributed by atoms with Gasteiger partial charge < -0.3 is 14.6 Å². The molecule has 1 heterocycles. The quantitative estimate of drug-likeness (QED) is 0.870. The molecule has 1 aromatic carbocycles. The van der Waals surface area contributed by atoms with Gasteiger partial charge in [0.25, 0.3) is 0 Å². The molecule has 0 aromatic heterocycles. The number of amides is 1. The first kappa shape index (κ1) is 17.0. The van der Waals surface area contributed by atoms with E-state index in [0.29, 0.717) is 0 Å². The zero-order valence-corrected chi connectivity index (χ0v) is 14.4. The Morgan fingerprint density at radius 3 is 2.09 bits per heavy atom. The van der Waals surface area contributed by atoms with E-state index in [1.165, 1.54) is 0 Å². The van der Waals surface area contributed by atoms with Gasteiger partial charge in [-0.25, -0.2) is 0 Å². The first-order valence-electron chi connectivity index (χ1n) is 7.93. The smallest absolute Gasteiger partial charge is 0.399 e. The molecular weight excluding hydrogens is 277 g/mol. The monoisotopic (exact) mass is 303 g/mol. The van der Waals surface area contributed by atoms with E-state index < -0.39 is 0 Å². The van der Waals surface area contributed by atoms with Gasteiger partial charge in [0.15, 0.2) is 0 Å². The lowest BCUT2D eigenvalue weighted by Crippen LogP contribution is -2.41. The van der Waals surface area contributed by atoms with Crippen molar-refractivity contribution < 1.29 is 14.1 Å². The summed E-state index contributed by atoms with van der Waals surface area (Å²) in [6.07, 6.45) is 0.831. The Bertz CT molecular complexity index is 523. The maximum atomic E-state index is 11.9. The second-order valence-electron chi connectivity index (χ2n) is 7.01. The highest BCUT2D eigenvalue weighted by Gasteiger charge is 2.51. The van der Waals surface area contributed by atoms with Crippen molar-refractivity contribution in [2.45, 2.75) is 59.2 Å². The lowest BCUT2D eigenvalue weighted by Gasteiger charge is -2.32. The minimum Gasteiger partial charge on any atom is -0.399 e. The van der Waals surface area contributed by atoms with Gasteiger partial charge in [0.2, 0.25) is 5.91 Å². The van der Waals surface area contributed by atoms with Crippen molar-refractivity contribution in [2.75, 3.05) is 5.32 Å². The zero-order valence-electron chi connectivity index (χ0n) is 14.4. The molecule has 0 spiro atoms. The lowest BCUT2D eigenvalue weighted by atomic mass is 9.79. The van der Waals surface area contributed by atoms with Gasteiger partial charge in [-0.15, -0.1) is 0 Å². The van der Waals surface area contributed by atoms with Crippen molar-refractivity contribution in [3.63, 3.8) is 0 Å². The summed E-state index contributed by atoms with van der Waals surface area (Å²) < 4.78 is 12.0. The molecule has 120 valence electrons. The Balaban J connectivity index is 2.06. The van der Waals surface area contributed by atoms with E-state index in [2.05, 4.69) is 5.32 Å². The van der Waals surface area contributed by atoms with Gasteiger partial charge >= 0.3 is 7.12 Å². The minimum absolute atomic E-state index is 0.0165. The molecule has 0 aliphatic carbocycles. The normalized spacial score (nSPS) is 20.7. The number of carbonyl (C=O) groups is 1. The first-order valence-corrected chi connectivity index (χ1v) is 7.93. The number of rotatable bonds is 4. The molecule has 22 heavy (non-hydrogen) atoms. The molecule has 5 heteroatoms. The van der Waals surface area contributed by atoms with Gasteiger partial charge in [0.05, 0.1) is 11.2 Å². The van der Waals surface area contributed by atoms with Crippen LogP contribution in [0.15, 0.2) is 24.3 Å². The zero-order chi connectivity index (χ0) is 16.5. The van der Waals surface area contributed by atoms with Crippen LogP contribution in [0.5, 0.6) is 0 Å². The number of hydrogen-bond acceptors (Lipinski definition) is 3. The average Bonchev–Trinajstić information content (AvgIpc) is 2.67. The molecule has 0 bridgehead atoms. The molecule has 4 nitrogen and oxygen atoms in total. The van der Waals surface area contributed by atoms with Crippen LogP contribution in [0.2, 0.25) is 0 Å². The number of carbonyl (C=O) groups excluding carboxylic acids is 1. The number of benzene rings is 1. The predicted molar refractivity (Wildman–Crippen MR) is 90.2 cm³/mol.